The molecule has 0 N–H and O–H groups in total. The second-order valence-corrected chi connectivity index (χ2v) is 10.2. The number of ether oxygens (including phenoxy) is 1. The molecule has 0 aliphatic carbocycles. The summed E-state index contributed by atoms with van der Waals surface area (Å²) in [5, 5.41) is 0. The number of aryl methyl sites for hydroxylation is 2. The van der Waals surface area contributed by atoms with Crippen molar-refractivity contribution in [3.63, 3.8) is 0 Å². The highest BCUT2D eigenvalue weighted by molar-refractivity contribution is 7.93. The lowest BCUT2D eigenvalue weighted by Crippen LogP contribution is -2.68. The Bertz CT molecular complexity index is 697. The Morgan fingerprint density at radius 2 is 2.13 bits per heavy atom. The zero-order chi connectivity index (χ0) is 16.8. The molecule has 23 heavy (non-hydrogen) atoms. The first-order valence-corrected chi connectivity index (χ1v) is 10.4. The minimum absolute atomic E-state index is 0.00306. The first kappa shape index (κ1) is 16.9. The summed E-state index contributed by atoms with van der Waals surface area (Å²) in [6, 6.07) is 1.90. The van der Waals surface area contributed by atoms with Gasteiger partial charge in [-0.15, -0.1) is 11.3 Å². The van der Waals surface area contributed by atoms with Crippen molar-refractivity contribution in [2.45, 2.75) is 31.9 Å². The molecule has 2 aliphatic heterocycles. The number of nitrogens with zero attached hydrogens (tertiary/aromatic N) is 1. The van der Waals surface area contributed by atoms with Crippen molar-refractivity contribution in [1.29, 1.82) is 0 Å². The first-order valence-electron chi connectivity index (χ1n) is 7.97. The molecular weight excluding hydrogens is 334 g/mol. The minimum atomic E-state index is -3.15. The Balaban J connectivity index is 1.75. The second-order valence-electron chi connectivity index (χ2n) is 6.54. The lowest BCUT2D eigenvalue weighted by molar-refractivity contribution is 0.0274. The average Bonchev–Trinajstić information content (AvgIpc) is 2.91. The number of thiophene rings is 1. The number of carbonyl (C=O) groups is 1. The standard InChI is InChI=1S/C16H23NO4S2/c1-4-21-8-13-5-6-23(19,20)16(13)9-17(10-16)15(18)14-7-11(2)12(3)22-14/h7,13H,4-6,8-10H2,1-3H3/t13-/m0/s1. The van der Waals surface area contributed by atoms with E-state index in [1.807, 2.05) is 26.8 Å². The third-order valence-electron chi connectivity index (χ3n) is 5.20. The fraction of sp³-hybridized carbons (Fsp3) is 0.688. The SMILES string of the molecule is CCOC[C@@H]1CCS(=O)(=O)C12CN(C(=O)c1cc(C)c(C)s1)C2. The van der Waals surface area contributed by atoms with Gasteiger partial charge in [0.1, 0.15) is 4.75 Å². The molecule has 5 nitrogen and oxygen atoms in total. The maximum atomic E-state index is 12.6. The average molecular weight is 357 g/mol. The fourth-order valence-electron chi connectivity index (χ4n) is 3.55. The van der Waals surface area contributed by atoms with E-state index in [0.29, 0.717) is 37.6 Å². The lowest BCUT2D eigenvalue weighted by atomic mass is 9.83. The molecule has 2 aliphatic rings. The van der Waals surface area contributed by atoms with Gasteiger partial charge in [-0.1, -0.05) is 0 Å². The minimum Gasteiger partial charge on any atom is -0.381 e. The molecule has 0 unspecified atom stereocenters. The maximum Gasteiger partial charge on any atom is 0.264 e. The number of hydrogen-bond acceptors (Lipinski definition) is 5. The summed E-state index contributed by atoms with van der Waals surface area (Å²) in [5.74, 6) is 0.168. The van der Waals surface area contributed by atoms with E-state index in [4.69, 9.17) is 4.74 Å². The molecule has 3 rings (SSSR count). The van der Waals surface area contributed by atoms with Gasteiger partial charge in [0.05, 0.1) is 17.2 Å². The van der Waals surface area contributed by atoms with Crippen molar-refractivity contribution in [3.8, 4) is 0 Å². The molecule has 7 heteroatoms. The zero-order valence-electron chi connectivity index (χ0n) is 13.8. The topological polar surface area (TPSA) is 63.7 Å². The predicted molar refractivity (Wildman–Crippen MR) is 90.8 cm³/mol. The van der Waals surface area contributed by atoms with Crippen LogP contribution in [-0.2, 0) is 14.6 Å². The largest absolute Gasteiger partial charge is 0.381 e. The molecule has 3 heterocycles. The number of sulfone groups is 1. The van der Waals surface area contributed by atoms with E-state index >= 15 is 0 Å². The maximum absolute atomic E-state index is 12.6. The van der Waals surface area contributed by atoms with Crippen LogP contribution >= 0.6 is 11.3 Å². The van der Waals surface area contributed by atoms with Gasteiger partial charge in [-0.05, 0) is 38.8 Å². The van der Waals surface area contributed by atoms with Crippen molar-refractivity contribution in [2.75, 3.05) is 32.1 Å². The first-order chi connectivity index (χ1) is 10.8. The summed E-state index contributed by atoms with van der Waals surface area (Å²) in [6.07, 6.45) is 0.640. The highest BCUT2D eigenvalue weighted by Crippen LogP contribution is 2.45. The van der Waals surface area contributed by atoms with Gasteiger partial charge in [-0.3, -0.25) is 4.79 Å². The van der Waals surface area contributed by atoms with Crippen LogP contribution in [0.25, 0.3) is 0 Å². The third kappa shape index (κ3) is 2.62. The number of amides is 1. The number of hydrogen-bond donors (Lipinski definition) is 0. The summed E-state index contributed by atoms with van der Waals surface area (Å²) in [5.41, 5.74) is 1.11. The molecular formula is C16H23NO4S2. The lowest BCUT2D eigenvalue weighted by Gasteiger charge is -2.49. The van der Waals surface area contributed by atoms with Crippen LogP contribution in [0, 0.1) is 19.8 Å². The molecule has 2 saturated heterocycles. The van der Waals surface area contributed by atoms with Crippen LogP contribution < -0.4 is 0 Å². The normalized spacial score (nSPS) is 24.8. The molecule has 1 spiro atoms. The van der Waals surface area contributed by atoms with E-state index < -0.39 is 14.6 Å². The molecule has 1 aromatic rings. The van der Waals surface area contributed by atoms with Crippen molar-refractivity contribution in [1.82, 2.24) is 4.90 Å². The molecule has 1 atom stereocenters. The Kier molecular flexibility index (Phi) is 4.31. The molecule has 128 valence electrons. The van der Waals surface area contributed by atoms with Gasteiger partial charge in [-0.2, -0.15) is 0 Å². The van der Waals surface area contributed by atoms with E-state index in [-0.39, 0.29) is 17.6 Å². The van der Waals surface area contributed by atoms with E-state index in [9.17, 15) is 13.2 Å². The van der Waals surface area contributed by atoms with Crippen molar-refractivity contribution < 1.29 is 17.9 Å². The predicted octanol–water partition coefficient (Wildman–Crippen LogP) is 2.03. The van der Waals surface area contributed by atoms with Crippen LogP contribution in [0.15, 0.2) is 6.07 Å². The van der Waals surface area contributed by atoms with Gasteiger partial charge >= 0.3 is 0 Å². The van der Waals surface area contributed by atoms with Crippen molar-refractivity contribution in [3.05, 3.63) is 21.4 Å². The molecule has 0 saturated carbocycles. The summed E-state index contributed by atoms with van der Waals surface area (Å²) >= 11 is 1.48. The van der Waals surface area contributed by atoms with Crippen LogP contribution in [0.5, 0.6) is 0 Å². The summed E-state index contributed by atoms with van der Waals surface area (Å²) in [4.78, 5) is 16.1. The summed E-state index contributed by atoms with van der Waals surface area (Å²) in [7, 11) is -3.15. The van der Waals surface area contributed by atoms with Crippen LogP contribution in [0.4, 0.5) is 0 Å². The van der Waals surface area contributed by atoms with Gasteiger partial charge in [0, 0.05) is 30.5 Å². The highest BCUT2D eigenvalue weighted by Gasteiger charge is 2.62. The highest BCUT2D eigenvalue weighted by atomic mass is 32.2. The monoisotopic (exact) mass is 357 g/mol. The van der Waals surface area contributed by atoms with Crippen LogP contribution in [-0.4, -0.2) is 56.0 Å². The van der Waals surface area contributed by atoms with Crippen LogP contribution in [0.2, 0.25) is 0 Å². The summed E-state index contributed by atoms with van der Waals surface area (Å²) in [6.45, 7) is 7.56. The quantitative estimate of drug-likeness (QED) is 0.827. The Morgan fingerprint density at radius 1 is 1.43 bits per heavy atom. The van der Waals surface area contributed by atoms with Gasteiger partial charge < -0.3 is 9.64 Å². The molecule has 1 aromatic heterocycles. The van der Waals surface area contributed by atoms with Crippen molar-refractivity contribution >= 4 is 27.1 Å². The Morgan fingerprint density at radius 3 is 2.70 bits per heavy atom. The zero-order valence-corrected chi connectivity index (χ0v) is 15.4. The molecule has 0 radical (unpaired) electrons. The number of likely N-dealkylation sites (tertiary alicyclic amines) is 1. The van der Waals surface area contributed by atoms with Gasteiger partial charge in [0.2, 0.25) is 0 Å². The van der Waals surface area contributed by atoms with Gasteiger partial charge in [0.15, 0.2) is 9.84 Å². The summed E-state index contributed by atoms with van der Waals surface area (Å²) < 4.78 is 29.7. The molecule has 1 amide bonds. The van der Waals surface area contributed by atoms with E-state index in [1.165, 1.54) is 11.3 Å². The molecule has 0 bridgehead atoms. The number of carbonyl (C=O) groups excluding carboxylic acids is 1. The van der Waals surface area contributed by atoms with Crippen molar-refractivity contribution in [2.24, 2.45) is 5.92 Å². The molecule has 2 fully saturated rings. The van der Waals surface area contributed by atoms with E-state index in [2.05, 4.69) is 0 Å². The fourth-order valence-corrected chi connectivity index (χ4v) is 6.95. The Labute approximate surface area is 141 Å². The molecule has 0 aromatic carbocycles. The number of rotatable bonds is 4. The van der Waals surface area contributed by atoms with Gasteiger partial charge in [-0.25, -0.2) is 8.42 Å². The second kappa shape index (κ2) is 5.86. The van der Waals surface area contributed by atoms with E-state index in [0.717, 1.165) is 10.4 Å². The smallest absolute Gasteiger partial charge is 0.264 e. The van der Waals surface area contributed by atoms with Gasteiger partial charge in [0.25, 0.3) is 5.91 Å². The third-order valence-corrected chi connectivity index (χ3v) is 8.95. The van der Waals surface area contributed by atoms with E-state index in [1.54, 1.807) is 4.90 Å². The Hall–Kier alpha value is -0.920. The van der Waals surface area contributed by atoms with Crippen LogP contribution in [0.1, 0.15) is 33.5 Å². The van der Waals surface area contributed by atoms with Crippen LogP contribution in [0.3, 0.4) is 0 Å².